The first-order valence-corrected chi connectivity index (χ1v) is 19.7. The maximum Gasteiger partial charge on any atom is 0.239 e. The number of hydrogen-bond donors (Lipinski definition) is 11. The Kier molecular flexibility index (Phi) is 31.8. The van der Waals surface area contributed by atoms with Crippen molar-refractivity contribution in [2.24, 2.45) is 5.73 Å². The number of nitrogens with one attached hydrogen (secondary N) is 10. The zero-order valence-corrected chi connectivity index (χ0v) is 33.3. The van der Waals surface area contributed by atoms with E-state index in [1.165, 1.54) is 64.2 Å². The summed E-state index contributed by atoms with van der Waals surface area (Å²) in [5, 5.41) is 23.7. The fourth-order valence-electron chi connectivity index (χ4n) is 4.82. The van der Waals surface area contributed by atoms with Crippen molar-refractivity contribution in [3.8, 4) is 0 Å². The van der Waals surface area contributed by atoms with Crippen LogP contribution in [0.15, 0.2) is 0 Å². The predicted octanol–water partition coefficient (Wildman–Crippen LogP) is -3.41. The molecule has 0 aromatic rings. The minimum atomic E-state index is -0.756. The molecule has 0 aliphatic heterocycles. The molecule has 0 fully saturated rings. The number of unbranched alkanes of at least 4 members (excludes halogenated alkanes) is 12. The smallest absolute Gasteiger partial charge is 0.239 e. The molecule has 21 heteroatoms. The molecule has 0 saturated heterocycles. The van der Waals surface area contributed by atoms with Gasteiger partial charge in [-0.3, -0.25) is 47.9 Å². The largest absolute Gasteiger partial charge is 0.368 e. The van der Waals surface area contributed by atoms with Crippen LogP contribution in [-0.2, 0) is 47.9 Å². The monoisotopic (exact) mass is 811 g/mol. The fourth-order valence-corrected chi connectivity index (χ4v) is 4.82. The first kappa shape index (κ1) is 51.7. The van der Waals surface area contributed by atoms with E-state index >= 15 is 0 Å². The van der Waals surface area contributed by atoms with Crippen LogP contribution in [-0.4, -0.2) is 131 Å². The number of hydrogen-bond acceptors (Lipinski definition) is 11. The Bertz CT molecular complexity index is 1280. The van der Waals surface area contributed by atoms with Crippen LogP contribution < -0.4 is 58.9 Å². The van der Waals surface area contributed by atoms with Gasteiger partial charge in [-0.1, -0.05) is 84.0 Å². The molecule has 0 unspecified atom stereocenters. The molecule has 0 aromatic heterocycles. The molecule has 0 rings (SSSR count). The third-order valence-corrected chi connectivity index (χ3v) is 8.00. The van der Waals surface area contributed by atoms with E-state index < -0.39 is 92.4 Å². The Morgan fingerprint density at radius 2 is 0.596 bits per heavy atom. The van der Waals surface area contributed by atoms with Gasteiger partial charge in [0, 0.05) is 19.5 Å². The molecule has 0 bridgehead atoms. The van der Waals surface area contributed by atoms with Crippen molar-refractivity contribution >= 4 is 59.1 Å². The van der Waals surface area contributed by atoms with Gasteiger partial charge in [0.05, 0.1) is 58.9 Å². The van der Waals surface area contributed by atoms with E-state index in [-0.39, 0.29) is 38.6 Å². The van der Waals surface area contributed by atoms with Crippen molar-refractivity contribution in [3.05, 3.63) is 0 Å². The van der Waals surface area contributed by atoms with Crippen molar-refractivity contribution in [1.29, 1.82) is 0 Å². The summed E-state index contributed by atoms with van der Waals surface area (Å²) in [5.41, 5.74) is 4.88. The third kappa shape index (κ3) is 36.1. The molecule has 0 aliphatic carbocycles. The number of primary amides is 1. The van der Waals surface area contributed by atoms with E-state index in [1.54, 1.807) is 0 Å². The SMILES string of the molecule is CCCCCCCCCCCCCCCC(=O)NCC(=O)NCC(=O)NCCNCC(=O)NCC(=O)NCC(=O)NCC(=O)NCC(=O)NCC(=O)NCC(N)=O. The lowest BCUT2D eigenvalue weighted by atomic mass is 10.0. The lowest BCUT2D eigenvalue weighted by Gasteiger charge is -2.10. The van der Waals surface area contributed by atoms with Gasteiger partial charge in [0.15, 0.2) is 0 Å². The molecule has 324 valence electrons. The minimum absolute atomic E-state index is 0.150. The van der Waals surface area contributed by atoms with Gasteiger partial charge in [0.2, 0.25) is 59.1 Å². The Hall–Kier alpha value is -5.34. The number of amides is 10. The predicted molar refractivity (Wildman–Crippen MR) is 209 cm³/mol. The Balaban J connectivity index is 3.76. The summed E-state index contributed by atoms with van der Waals surface area (Å²) in [6.45, 7) is -0.822. The van der Waals surface area contributed by atoms with Crippen LogP contribution in [0.25, 0.3) is 0 Å². The van der Waals surface area contributed by atoms with E-state index in [9.17, 15) is 47.9 Å². The van der Waals surface area contributed by atoms with Gasteiger partial charge < -0.3 is 58.9 Å². The summed E-state index contributed by atoms with van der Waals surface area (Å²) in [6.07, 6.45) is 16.2. The quantitative estimate of drug-likeness (QED) is 0.0280. The summed E-state index contributed by atoms with van der Waals surface area (Å²) in [7, 11) is 0. The van der Waals surface area contributed by atoms with E-state index in [0.29, 0.717) is 6.42 Å². The average molecular weight is 812 g/mol. The van der Waals surface area contributed by atoms with Gasteiger partial charge in [-0.15, -0.1) is 0 Å². The van der Waals surface area contributed by atoms with Crippen LogP contribution in [0.3, 0.4) is 0 Å². The summed E-state index contributed by atoms with van der Waals surface area (Å²) in [4.78, 5) is 117. The Labute approximate surface area is 334 Å². The molecule has 57 heavy (non-hydrogen) atoms. The van der Waals surface area contributed by atoms with Gasteiger partial charge in [-0.25, -0.2) is 0 Å². The molecule has 21 nitrogen and oxygen atoms in total. The van der Waals surface area contributed by atoms with Gasteiger partial charge in [-0.2, -0.15) is 0 Å². The van der Waals surface area contributed by atoms with Crippen molar-refractivity contribution in [2.75, 3.05) is 72.0 Å². The van der Waals surface area contributed by atoms with Gasteiger partial charge >= 0.3 is 0 Å². The molecular formula is C36H65N11O10. The van der Waals surface area contributed by atoms with Crippen molar-refractivity contribution in [2.45, 2.75) is 96.8 Å². The maximum absolute atomic E-state index is 12.0. The van der Waals surface area contributed by atoms with Gasteiger partial charge in [0.25, 0.3) is 0 Å². The van der Waals surface area contributed by atoms with E-state index in [0.717, 1.165) is 19.3 Å². The van der Waals surface area contributed by atoms with Gasteiger partial charge in [-0.05, 0) is 6.42 Å². The van der Waals surface area contributed by atoms with E-state index in [1.807, 2.05) is 0 Å². The third-order valence-electron chi connectivity index (χ3n) is 8.00. The van der Waals surface area contributed by atoms with Crippen LogP contribution in [0.1, 0.15) is 96.8 Å². The van der Waals surface area contributed by atoms with Crippen molar-refractivity contribution in [3.63, 3.8) is 0 Å². The van der Waals surface area contributed by atoms with Crippen LogP contribution in [0.4, 0.5) is 0 Å². The molecule has 0 radical (unpaired) electrons. The first-order chi connectivity index (χ1) is 27.3. The summed E-state index contributed by atoms with van der Waals surface area (Å²) in [6, 6.07) is 0. The molecule has 0 atom stereocenters. The summed E-state index contributed by atoms with van der Waals surface area (Å²) in [5.74, 6) is -5.91. The highest BCUT2D eigenvalue weighted by Gasteiger charge is 2.12. The second-order valence-corrected chi connectivity index (χ2v) is 13.2. The molecule has 12 N–H and O–H groups in total. The molecular weight excluding hydrogens is 746 g/mol. The molecule has 0 saturated carbocycles. The molecule has 0 aromatic carbocycles. The minimum Gasteiger partial charge on any atom is -0.368 e. The number of carbonyl (C=O) groups is 10. The highest BCUT2D eigenvalue weighted by Crippen LogP contribution is 2.12. The van der Waals surface area contributed by atoms with Gasteiger partial charge in [0.1, 0.15) is 0 Å². The molecule has 0 aliphatic rings. The summed E-state index contributed by atoms with van der Waals surface area (Å²) >= 11 is 0. The first-order valence-electron chi connectivity index (χ1n) is 19.7. The molecule has 0 spiro atoms. The normalized spacial score (nSPS) is 10.3. The zero-order chi connectivity index (χ0) is 42.5. The lowest BCUT2D eigenvalue weighted by molar-refractivity contribution is -0.129. The van der Waals surface area contributed by atoms with E-state index in [2.05, 4.69) is 60.1 Å². The maximum atomic E-state index is 12.0. The number of rotatable bonds is 35. The topological polar surface area (TPSA) is 317 Å². The van der Waals surface area contributed by atoms with Crippen LogP contribution in [0.5, 0.6) is 0 Å². The highest BCUT2D eigenvalue weighted by molar-refractivity contribution is 5.92. The second kappa shape index (κ2) is 35.1. The Morgan fingerprint density at radius 1 is 0.316 bits per heavy atom. The second-order valence-electron chi connectivity index (χ2n) is 13.2. The van der Waals surface area contributed by atoms with Crippen molar-refractivity contribution < 1.29 is 47.9 Å². The molecule has 10 amide bonds. The Morgan fingerprint density at radius 3 is 0.947 bits per heavy atom. The summed E-state index contributed by atoms with van der Waals surface area (Å²) < 4.78 is 0. The fraction of sp³-hybridized carbons (Fsp3) is 0.722. The number of carbonyl (C=O) groups excluding carboxylic acids is 10. The van der Waals surface area contributed by atoms with Crippen molar-refractivity contribution in [1.82, 2.24) is 53.2 Å². The van der Waals surface area contributed by atoms with Crippen LogP contribution >= 0.6 is 0 Å². The van der Waals surface area contributed by atoms with Crippen LogP contribution in [0.2, 0.25) is 0 Å². The van der Waals surface area contributed by atoms with E-state index in [4.69, 9.17) is 5.73 Å². The molecule has 0 heterocycles. The van der Waals surface area contributed by atoms with Crippen LogP contribution in [0, 0.1) is 0 Å². The highest BCUT2D eigenvalue weighted by atomic mass is 16.2. The number of nitrogens with two attached hydrogens (primary N) is 1. The zero-order valence-electron chi connectivity index (χ0n) is 33.3. The average Bonchev–Trinajstić information content (AvgIpc) is 3.18. The lowest BCUT2D eigenvalue weighted by Crippen LogP contribution is -2.47. The standard InChI is InChI=1S/C36H65N11O10/c1-2-3-4-5-6-7-8-9-10-11-12-13-14-15-28(49)41-21-32(53)43-20-30(51)39-17-16-38-19-29(50)42-23-33(54)45-25-35(56)47-26-36(57)46-24-34(55)44-22-31(52)40-18-27(37)48/h38H,2-26H2,1H3,(H2,37,48)(H,39,51)(H,40,52)(H,41,49)(H,42,50)(H,43,53)(H,44,55)(H,45,54)(H,46,57)(H,47,56).